The summed E-state index contributed by atoms with van der Waals surface area (Å²) in [7, 11) is 0. The highest BCUT2D eigenvalue weighted by Crippen LogP contribution is 2.46. The third-order valence-corrected chi connectivity index (χ3v) is 5.29. The molecule has 2 heterocycles. The molecule has 2 heteroatoms. The number of nitrogens with one attached hydrogen (secondary N) is 2. The number of aromatic amines is 1. The van der Waals surface area contributed by atoms with Crippen LogP contribution in [0.3, 0.4) is 0 Å². The van der Waals surface area contributed by atoms with Crippen molar-refractivity contribution in [2.45, 2.75) is 24.8 Å². The number of aromatic nitrogens is 1. The highest BCUT2D eigenvalue weighted by atomic mass is 15.0. The molecule has 2 N–H and O–H groups in total. The lowest BCUT2D eigenvalue weighted by atomic mass is 9.82. The summed E-state index contributed by atoms with van der Waals surface area (Å²) in [6.07, 6.45) is 3.44. The summed E-state index contributed by atoms with van der Waals surface area (Å²) in [5.41, 5.74) is 7.16. The Balaban J connectivity index is 1.83. The topological polar surface area (TPSA) is 27.8 Å². The average molecular weight is 274 g/mol. The largest absolute Gasteiger partial charge is 0.356 e. The number of hydrogen-bond donors (Lipinski definition) is 2. The van der Waals surface area contributed by atoms with Crippen molar-refractivity contribution in [1.29, 1.82) is 0 Å². The Morgan fingerprint density at radius 2 is 1.76 bits per heavy atom. The normalized spacial score (nSPS) is 23.4. The van der Waals surface area contributed by atoms with Crippen LogP contribution in [0.4, 0.5) is 0 Å². The van der Waals surface area contributed by atoms with Crippen molar-refractivity contribution in [3.63, 3.8) is 0 Å². The van der Waals surface area contributed by atoms with E-state index in [1.807, 2.05) is 0 Å². The van der Waals surface area contributed by atoms with Crippen LogP contribution in [0.1, 0.15) is 28.8 Å². The van der Waals surface area contributed by atoms with Gasteiger partial charge in [-0.25, -0.2) is 0 Å². The fourth-order valence-corrected chi connectivity index (χ4v) is 4.37. The molecule has 1 aliphatic heterocycles. The standard InChI is InChI=1S/C19H18N2/c1-3-7-16-13(5-1)9-11-19(16)18-15(10-12-20-19)14-6-2-4-8-17(14)21-18/h1-8,20-21H,9-12H2. The van der Waals surface area contributed by atoms with E-state index < -0.39 is 0 Å². The summed E-state index contributed by atoms with van der Waals surface area (Å²) >= 11 is 0. The molecule has 0 radical (unpaired) electrons. The van der Waals surface area contributed by atoms with Gasteiger partial charge < -0.3 is 10.3 Å². The fourth-order valence-electron chi connectivity index (χ4n) is 4.37. The monoisotopic (exact) mass is 274 g/mol. The van der Waals surface area contributed by atoms with Crippen LogP contribution in [0.2, 0.25) is 0 Å². The molecule has 0 saturated carbocycles. The number of aryl methyl sites for hydroxylation is 1. The van der Waals surface area contributed by atoms with Crippen molar-refractivity contribution in [3.8, 4) is 0 Å². The third-order valence-electron chi connectivity index (χ3n) is 5.29. The number of fused-ring (bicyclic) bond motifs is 6. The van der Waals surface area contributed by atoms with Crippen molar-refractivity contribution in [2.24, 2.45) is 0 Å². The maximum absolute atomic E-state index is 3.84. The van der Waals surface area contributed by atoms with Crippen molar-refractivity contribution < 1.29 is 0 Å². The molecule has 0 saturated heterocycles. The van der Waals surface area contributed by atoms with Crippen LogP contribution in [0.5, 0.6) is 0 Å². The first-order valence-electron chi connectivity index (χ1n) is 7.82. The number of benzene rings is 2. The van der Waals surface area contributed by atoms with E-state index in [1.54, 1.807) is 0 Å². The lowest BCUT2D eigenvalue weighted by molar-refractivity contribution is 0.371. The van der Waals surface area contributed by atoms with Gasteiger partial charge in [-0.05, 0) is 42.0 Å². The Kier molecular flexibility index (Phi) is 2.20. The SMILES string of the molecule is c1ccc2c(c1)CCC21NCCc2c1[nH]c1ccccc21. The molecule has 1 aliphatic carbocycles. The molecule has 1 spiro atoms. The molecule has 104 valence electrons. The van der Waals surface area contributed by atoms with E-state index in [-0.39, 0.29) is 5.54 Å². The zero-order valence-electron chi connectivity index (χ0n) is 11.9. The molecule has 1 aromatic heterocycles. The molecule has 21 heavy (non-hydrogen) atoms. The van der Waals surface area contributed by atoms with E-state index in [9.17, 15) is 0 Å². The van der Waals surface area contributed by atoms with Crippen molar-refractivity contribution in [1.82, 2.24) is 10.3 Å². The van der Waals surface area contributed by atoms with Crippen LogP contribution >= 0.6 is 0 Å². The summed E-state index contributed by atoms with van der Waals surface area (Å²) in [5.74, 6) is 0. The average Bonchev–Trinajstić information content (AvgIpc) is 3.09. The highest BCUT2D eigenvalue weighted by Gasteiger charge is 2.44. The molecule has 2 aliphatic rings. The number of rotatable bonds is 0. The summed E-state index contributed by atoms with van der Waals surface area (Å²) in [6, 6.07) is 17.6. The van der Waals surface area contributed by atoms with Gasteiger partial charge >= 0.3 is 0 Å². The molecule has 0 fully saturated rings. The first-order valence-corrected chi connectivity index (χ1v) is 7.82. The van der Waals surface area contributed by atoms with Crippen LogP contribution in [-0.2, 0) is 18.4 Å². The van der Waals surface area contributed by atoms with E-state index in [1.165, 1.54) is 33.3 Å². The second kappa shape index (κ2) is 3.99. The maximum atomic E-state index is 3.84. The number of hydrogen-bond acceptors (Lipinski definition) is 1. The lowest BCUT2D eigenvalue weighted by Crippen LogP contribution is -2.46. The molecule has 1 unspecified atom stereocenters. The minimum atomic E-state index is 0.00317. The van der Waals surface area contributed by atoms with Gasteiger partial charge in [-0.1, -0.05) is 42.5 Å². The fraction of sp³-hybridized carbons (Fsp3) is 0.263. The van der Waals surface area contributed by atoms with E-state index in [4.69, 9.17) is 0 Å². The Hall–Kier alpha value is -2.06. The quantitative estimate of drug-likeness (QED) is 0.645. The van der Waals surface area contributed by atoms with E-state index in [0.717, 1.165) is 25.8 Å². The van der Waals surface area contributed by atoms with Gasteiger partial charge in [-0.15, -0.1) is 0 Å². The predicted octanol–water partition coefficient (Wildman–Crippen LogP) is 3.50. The summed E-state index contributed by atoms with van der Waals surface area (Å²) < 4.78 is 0. The van der Waals surface area contributed by atoms with Gasteiger partial charge in [-0.2, -0.15) is 0 Å². The van der Waals surface area contributed by atoms with Gasteiger partial charge in [0, 0.05) is 23.1 Å². The molecule has 2 aromatic carbocycles. The number of para-hydroxylation sites is 1. The van der Waals surface area contributed by atoms with Crippen LogP contribution in [0.15, 0.2) is 48.5 Å². The maximum Gasteiger partial charge on any atom is 0.0850 e. The zero-order valence-corrected chi connectivity index (χ0v) is 11.9. The Bertz CT molecular complexity index is 846. The van der Waals surface area contributed by atoms with Crippen LogP contribution < -0.4 is 5.32 Å². The summed E-state index contributed by atoms with van der Waals surface area (Å²) in [6.45, 7) is 1.06. The molecule has 5 rings (SSSR count). The molecule has 0 amide bonds. The Labute approximate surface area is 124 Å². The van der Waals surface area contributed by atoms with Crippen molar-refractivity contribution >= 4 is 10.9 Å². The van der Waals surface area contributed by atoms with Crippen LogP contribution in [0, 0.1) is 0 Å². The van der Waals surface area contributed by atoms with E-state index >= 15 is 0 Å². The summed E-state index contributed by atoms with van der Waals surface area (Å²) in [5, 5.41) is 5.24. The van der Waals surface area contributed by atoms with Crippen molar-refractivity contribution in [3.05, 3.63) is 70.9 Å². The third kappa shape index (κ3) is 1.41. The molecule has 3 aromatic rings. The van der Waals surface area contributed by atoms with Crippen LogP contribution in [0.25, 0.3) is 10.9 Å². The van der Waals surface area contributed by atoms with Gasteiger partial charge in [0.1, 0.15) is 0 Å². The predicted molar refractivity (Wildman–Crippen MR) is 85.5 cm³/mol. The molecule has 2 nitrogen and oxygen atoms in total. The van der Waals surface area contributed by atoms with Gasteiger partial charge in [0.2, 0.25) is 0 Å². The van der Waals surface area contributed by atoms with E-state index in [2.05, 4.69) is 58.8 Å². The van der Waals surface area contributed by atoms with E-state index in [0.29, 0.717) is 0 Å². The molecule has 1 atom stereocenters. The minimum absolute atomic E-state index is 0.00317. The molecular formula is C19H18N2. The highest BCUT2D eigenvalue weighted by molar-refractivity contribution is 5.85. The second-order valence-electron chi connectivity index (χ2n) is 6.26. The first-order chi connectivity index (χ1) is 10.4. The summed E-state index contributed by atoms with van der Waals surface area (Å²) in [4.78, 5) is 3.73. The van der Waals surface area contributed by atoms with Gasteiger partial charge in [0.25, 0.3) is 0 Å². The van der Waals surface area contributed by atoms with Crippen molar-refractivity contribution in [2.75, 3.05) is 6.54 Å². The molecule has 0 bridgehead atoms. The number of H-pyrrole nitrogens is 1. The smallest absolute Gasteiger partial charge is 0.0850 e. The van der Waals surface area contributed by atoms with Gasteiger partial charge in [-0.3, -0.25) is 0 Å². The Morgan fingerprint density at radius 1 is 0.905 bits per heavy atom. The van der Waals surface area contributed by atoms with Crippen LogP contribution in [-0.4, -0.2) is 11.5 Å². The molecular weight excluding hydrogens is 256 g/mol. The second-order valence-corrected chi connectivity index (χ2v) is 6.26. The zero-order chi connectivity index (χ0) is 13.9. The van der Waals surface area contributed by atoms with Gasteiger partial charge in [0.05, 0.1) is 5.54 Å². The lowest BCUT2D eigenvalue weighted by Gasteiger charge is -2.36. The van der Waals surface area contributed by atoms with Gasteiger partial charge in [0.15, 0.2) is 0 Å². The minimum Gasteiger partial charge on any atom is -0.356 e. The first kappa shape index (κ1) is 11.6. The Morgan fingerprint density at radius 3 is 2.76 bits per heavy atom.